The van der Waals surface area contributed by atoms with Gasteiger partial charge < -0.3 is 0 Å². The predicted molar refractivity (Wildman–Crippen MR) is 121 cm³/mol. The SMILES string of the molecule is Cc1c(S(=O)(=O)NCCc2ccccc2)n(S(=O)(=O)c2ccccc2)c2ccccc12. The molecule has 0 radical (unpaired) electrons. The standard InChI is InChI=1S/C23H22N2O4S2/c1-18-21-14-8-9-15-22(21)25(31(28,29)20-12-6-3-7-13-20)23(18)30(26,27)24-17-16-19-10-4-2-5-11-19/h2-15,24H,16-17H2,1H3. The molecule has 0 saturated heterocycles. The number of hydrogen-bond acceptors (Lipinski definition) is 4. The van der Waals surface area contributed by atoms with E-state index in [0.29, 0.717) is 22.9 Å². The molecule has 160 valence electrons. The van der Waals surface area contributed by atoms with Crippen LogP contribution in [0.5, 0.6) is 0 Å². The third-order valence-electron chi connectivity index (χ3n) is 5.12. The lowest BCUT2D eigenvalue weighted by atomic mass is 10.2. The summed E-state index contributed by atoms with van der Waals surface area (Å²) >= 11 is 0. The third kappa shape index (κ3) is 4.01. The van der Waals surface area contributed by atoms with Gasteiger partial charge in [0, 0.05) is 11.9 Å². The minimum Gasteiger partial charge on any atom is -0.221 e. The Kier molecular flexibility index (Phi) is 5.70. The summed E-state index contributed by atoms with van der Waals surface area (Å²) in [7, 11) is -8.25. The smallest absolute Gasteiger partial charge is 0.221 e. The van der Waals surface area contributed by atoms with Crippen LogP contribution < -0.4 is 4.72 Å². The predicted octanol–water partition coefficient (Wildman–Crippen LogP) is 3.71. The van der Waals surface area contributed by atoms with Gasteiger partial charge in [-0.1, -0.05) is 66.7 Å². The molecule has 1 aromatic heterocycles. The molecule has 0 aliphatic carbocycles. The summed E-state index contributed by atoms with van der Waals surface area (Å²) in [5.74, 6) is 0. The Bertz CT molecular complexity index is 1430. The molecule has 0 saturated carbocycles. The normalized spacial score (nSPS) is 12.3. The van der Waals surface area contributed by atoms with Crippen LogP contribution in [0, 0.1) is 6.92 Å². The molecule has 0 spiro atoms. The molecule has 3 aromatic carbocycles. The molecule has 0 atom stereocenters. The molecule has 6 nitrogen and oxygen atoms in total. The summed E-state index contributed by atoms with van der Waals surface area (Å²) in [5.41, 5.74) is 1.70. The fraction of sp³-hybridized carbons (Fsp3) is 0.130. The van der Waals surface area contributed by atoms with Crippen LogP contribution in [-0.4, -0.2) is 27.4 Å². The van der Waals surface area contributed by atoms with Crippen LogP contribution in [0.25, 0.3) is 10.9 Å². The van der Waals surface area contributed by atoms with Crippen LogP contribution in [0.15, 0.2) is 94.9 Å². The number of aryl methyl sites for hydroxylation is 1. The van der Waals surface area contributed by atoms with Gasteiger partial charge in [0.05, 0.1) is 10.4 Å². The summed E-state index contributed by atoms with van der Waals surface area (Å²) in [6, 6.07) is 24.1. The highest BCUT2D eigenvalue weighted by Gasteiger charge is 2.32. The van der Waals surface area contributed by atoms with Crippen molar-refractivity contribution in [2.24, 2.45) is 0 Å². The maximum atomic E-state index is 13.5. The van der Waals surface area contributed by atoms with Crippen molar-refractivity contribution in [3.05, 3.63) is 96.1 Å². The van der Waals surface area contributed by atoms with Gasteiger partial charge in [-0.2, -0.15) is 0 Å². The monoisotopic (exact) mass is 454 g/mol. The zero-order chi connectivity index (χ0) is 22.1. The average Bonchev–Trinajstić information content (AvgIpc) is 3.09. The van der Waals surface area contributed by atoms with E-state index in [0.717, 1.165) is 9.54 Å². The van der Waals surface area contributed by atoms with Crippen molar-refractivity contribution in [2.75, 3.05) is 6.54 Å². The van der Waals surface area contributed by atoms with E-state index in [1.54, 1.807) is 49.4 Å². The second-order valence-electron chi connectivity index (χ2n) is 7.16. The highest BCUT2D eigenvalue weighted by atomic mass is 32.2. The molecule has 31 heavy (non-hydrogen) atoms. The van der Waals surface area contributed by atoms with E-state index in [9.17, 15) is 16.8 Å². The fourth-order valence-corrected chi connectivity index (χ4v) is 7.05. The first kappa shape index (κ1) is 21.3. The van der Waals surface area contributed by atoms with Crippen molar-refractivity contribution in [1.29, 1.82) is 0 Å². The summed E-state index contributed by atoms with van der Waals surface area (Å²) in [6.45, 7) is 1.78. The highest BCUT2D eigenvalue weighted by Crippen LogP contribution is 2.32. The van der Waals surface area contributed by atoms with Crippen LogP contribution in [0.4, 0.5) is 0 Å². The average molecular weight is 455 g/mol. The molecule has 0 aliphatic rings. The van der Waals surface area contributed by atoms with Gasteiger partial charge in [-0.25, -0.2) is 25.5 Å². The molecule has 0 unspecified atom stereocenters. The number of rotatable bonds is 7. The summed E-state index contributed by atoms with van der Waals surface area (Å²) in [6.07, 6.45) is 0.491. The topological polar surface area (TPSA) is 85.2 Å². The minimum absolute atomic E-state index is 0.0245. The van der Waals surface area contributed by atoms with E-state index in [1.807, 2.05) is 30.3 Å². The van der Waals surface area contributed by atoms with Gasteiger partial charge in [-0.05, 0) is 42.7 Å². The first-order valence-corrected chi connectivity index (χ1v) is 12.7. The molecule has 4 aromatic rings. The molecule has 4 rings (SSSR count). The van der Waals surface area contributed by atoms with E-state index in [4.69, 9.17) is 0 Å². The highest BCUT2D eigenvalue weighted by molar-refractivity contribution is 7.92. The Morgan fingerprint density at radius 1 is 0.774 bits per heavy atom. The number of hydrogen-bond donors (Lipinski definition) is 1. The maximum absolute atomic E-state index is 13.5. The Balaban J connectivity index is 1.82. The van der Waals surface area contributed by atoms with Crippen LogP contribution >= 0.6 is 0 Å². The zero-order valence-electron chi connectivity index (χ0n) is 16.9. The molecule has 0 fully saturated rings. The second-order valence-corrected chi connectivity index (χ2v) is 10.6. The van der Waals surface area contributed by atoms with E-state index in [-0.39, 0.29) is 16.5 Å². The van der Waals surface area contributed by atoms with Crippen molar-refractivity contribution in [3.63, 3.8) is 0 Å². The van der Waals surface area contributed by atoms with Gasteiger partial charge in [0.25, 0.3) is 20.0 Å². The van der Waals surface area contributed by atoms with Crippen molar-refractivity contribution in [2.45, 2.75) is 23.3 Å². The van der Waals surface area contributed by atoms with Gasteiger partial charge in [-0.15, -0.1) is 0 Å². The molecular formula is C23H22N2O4S2. The quantitative estimate of drug-likeness (QED) is 0.461. The molecule has 0 bridgehead atoms. The van der Waals surface area contributed by atoms with Crippen molar-refractivity contribution in [1.82, 2.24) is 8.69 Å². The first-order chi connectivity index (χ1) is 14.8. The number of benzene rings is 3. The van der Waals surface area contributed by atoms with Crippen LogP contribution in [0.3, 0.4) is 0 Å². The van der Waals surface area contributed by atoms with Gasteiger partial charge in [0.1, 0.15) is 0 Å². The Morgan fingerprint density at radius 2 is 1.35 bits per heavy atom. The number of nitrogens with zero attached hydrogens (tertiary/aromatic N) is 1. The van der Waals surface area contributed by atoms with Gasteiger partial charge in [0.15, 0.2) is 5.03 Å². The van der Waals surface area contributed by atoms with E-state index in [2.05, 4.69) is 4.72 Å². The van der Waals surface area contributed by atoms with Crippen LogP contribution in [0.1, 0.15) is 11.1 Å². The summed E-state index contributed by atoms with van der Waals surface area (Å²) < 4.78 is 57.1. The molecule has 1 heterocycles. The summed E-state index contributed by atoms with van der Waals surface area (Å²) in [4.78, 5) is 0.0245. The zero-order valence-corrected chi connectivity index (χ0v) is 18.5. The Labute approximate surface area is 182 Å². The lowest BCUT2D eigenvalue weighted by Crippen LogP contribution is -2.30. The molecule has 8 heteroatoms. The Morgan fingerprint density at radius 3 is 2.03 bits per heavy atom. The number of para-hydroxylation sites is 1. The van der Waals surface area contributed by atoms with Crippen molar-refractivity contribution < 1.29 is 16.8 Å². The molecular weight excluding hydrogens is 432 g/mol. The molecule has 1 N–H and O–H groups in total. The number of fused-ring (bicyclic) bond motifs is 1. The lowest BCUT2D eigenvalue weighted by molar-refractivity contribution is 0.565. The van der Waals surface area contributed by atoms with Crippen LogP contribution in [-0.2, 0) is 26.5 Å². The number of sulfonamides is 1. The van der Waals surface area contributed by atoms with Gasteiger partial charge in [-0.3, -0.25) is 0 Å². The maximum Gasteiger partial charge on any atom is 0.269 e. The van der Waals surface area contributed by atoms with E-state index in [1.165, 1.54) is 12.1 Å². The number of aromatic nitrogens is 1. The third-order valence-corrected chi connectivity index (χ3v) is 8.54. The van der Waals surface area contributed by atoms with E-state index >= 15 is 0 Å². The second kappa shape index (κ2) is 8.30. The number of nitrogens with one attached hydrogen (secondary N) is 1. The first-order valence-electron chi connectivity index (χ1n) is 9.76. The van der Waals surface area contributed by atoms with Crippen molar-refractivity contribution >= 4 is 30.9 Å². The van der Waals surface area contributed by atoms with Gasteiger partial charge in [0.2, 0.25) is 0 Å². The fourth-order valence-electron chi connectivity index (χ4n) is 3.63. The lowest BCUT2D eigenvalue weighted by Gasteiger charge is -2.14. The molecule has 0 aliphatic heterocycles. The van der Waals surface area contributed by atoms with Crippen LogP contribution in [0.2, 0.25) is 0 Å². The van der Waals surface area contributed by atoms with Crippen molar-refractivity contribution in [3.8, 4) is 0 Å². The summed E-state index contributed by atoms with van der Waals surface area (Å²) in [5, 5.41) is 0.316. The minimum atomic E-state index is -4.14. The largest absolute Gasteiger partial charge is 0.269 e. The van der Waals surface area contributed by atoms with E-state index < -0.39 is 20.0 Å². The molecule has 0 amide bonds. The Hall–Kier alpha value is -2.94. The van der Waals surface area contributed by atoms with Gasteiger partial charge >= 0.3 is 0 Å².